The molecule has 0 aliphatic heterocycles. The summed E-state index contributed by atoms with van der Waals surface area (Å²) in [5.41, 5.74) is 5.12. The molecule has 0 aliphatic carbocycles. The molecule has 0 aliphatic rings. The minimum atomic E-state index is -3.40. The highest BCUT2D eigenvalue weighted by atomic mass is 32.2. The van der Waals surface area contributed by atoms with Crippen molar-refractivity contribution in [2.24, 2.45) is 5.73 Å². The van der Waals surface area contributed by atoms with Gasteiger partial charge >= 0.3 is 0 Å². The lowest BCUT2D eigenvalue weighted by molar-refractivity contribution is 0.590. The summed E-state index contributed by atoms with van der Waals surface area (Å²) in [6.45, 7) is 0.0405. The van der Waals surface area contributed by atoms with Crippen molar-refractivity contribution in [2.75, 3.05) is 12.3 Å². The molecule has 1 aromatic rings. The average Bonchev–Trinajstić information content (AvgIpc) is 2.04. The van der Waals surface area contributed by atoms with Crippen LogP contribution in [0.15, 0.2) is 29.2 Å². The normalized spacial score (nSPS) is 11.5. The number of halogens is 1. The Labute approximate surface area is 76.3 Å². The molecule has 0 bridgehead atoms. The molecule has 0 saturated carbocycles. The van der Waals surface area contributed by atoms with Crippen molar-refractivity contribution in [2.45, 2.75) is 4.90 Å². The Bertz CT molecular complexity index is 389. The highest BCUT2D eigenvalue weighted by Crippen LogP contribution is 2.11. The highest BCUT2D eigenvalue weighted by Gasteiger charge is 2.12. The maximum Gasteiger partial charge on any atom is 0.179 e. The van der Waals surface area contributed by atoms with Gasteiger partial charge in [0.1, 0.15) is 5.82 Å². The molecule has 0 unspecified atom stereocenters. The van der Waals surface area contributed by atoms with Crippen LogP contribution in [0.25, 0.3) is 0 Å². The molecule has 13 heavy (non-hydrogen) atoms. The van der Waals surface area contributed by atoms with Crippen LogP contribution in [0.2, 0.25) is 0 Å². The zero-order valence-electron chi connectivity index (χ0n) is 6.90. The minimum Gasteiger partial charge on any atom is -0.329 e. The molecule has 0 spiro atoms. The third-order valence-corrected chi connectivity index (χ3v) is 3.29. The van der Waals surface area contributed by atoms with Gasteiger partial charge < -0.3 is 5.73 Å². The molecule has 3 nitrogen and oxygen atoms in total. The quantitative estimate of drug-likeness (QED) is 0.780. The predicted octanol–water partition coefficient (Wildman–Crippen LogP) is 0.558. The van der Waals surface area contributed by atoms with Gasteiger partial charge in [-0.3, -0.25) is 0 Å². The summed E-state index contributed by atoms with van der Waals surface area (Å²) in [6.07, 6.45) is 0. The molecule has 1 aromatic carbocycles. The van der Waals surface area contributed by atoms with Crippen molar-refractivity contribution in [3.63, 3.8) is 0 Å². The van der Waals surface area contributed by atoms with Crippen LogP contribution in [-0.2, 0) is 9.84 Å². The third kappa shape index (κ3) is 2.50. The van der Waals surface area contributed by atoms with Crippen molar-refractivity contribution in [3.05, 3.63) is 30.1 Å². The Hall–Kier alpha value is -0.940. The van der Waals surface area contributed by atoms with Gasteiger partial charge in [0.05, 0.1) is 10.6 Å². The lowest BCUT2D eigenvalue weighted by atomic mass is 10.4. The van der Waals surface area contributed by atoms with Crippen molar-refractivity contribution >= 4 is 9.84 Å². The second-order valence-corrected chi connectivity index (χ2v) is 4.67. The molecule has 5 heteroatoms. The van der Waals surface area contributed by atoms with E-state index in [0.717, 1.165) is 6.07 Å². The third-order valence-electron chi connectivity index (χ3n) is 1.54. The first kappa shape index (κ1) is 10.1. The van der Waals surface area contributed by atoms with Crippen LogP contribution < -0.4 is 5.73 Å². The zero-order chi connectivity index (χ0) is 9.90. The van der Waals surface area contributed by atoms with Crippen LogP contribution in [0, 0.1) is 5.82 Å². The SMILES string of the molecule is NCCS(=O)(=O)c1cccc(F)c1. The van der Waals surface area contributed by atoms with Gasteiger partial charge in [0.25, 0.3) is 0 Å². The van der Waals surface area contributed by atoms with Gasteiger partial charge in [0.15, 0.2) is 9.84 Å². The van der Waals surface area contributed by atoms with Crippen LogP contribution in [0.5, 0.6) is 0 Å². The molecular formula is C8H10FNO2S. The Morgan fingerprint density at radius 1 is 1.38 bits per heavy atom. The highest BCUT2D eigenvalue weighted by molar-refractivity contribution is 7.91. The molecule has 0 saturated heterocycles. The topological polar surface area (TPSA) is 60.2 Å². The maximum absolute atomic E-state index is 12.6. The van der Waals surface area contributed by atoms with Gasteiger partial charge in [-0.25, -0.2) is 12.8 Å². The summed E-state index contributed by atoms with van der Waals surface area (Å²) < 4.78 is 35.3. The fraction of sp³-hybridized carbons (Fsp3) is 0.250. The van der Waals surface area contributed by atoms with E-state index in [1.54, 1.807) is 0 Å². The van der Waals surface area contributed by atoms with E-state index in [-0.39, 0.29) is 17.2 Å². The Morgan fingerprint density at radius 3 is 2.62 bits per heavy atom. The van der Waals surface area contributed by atoms with Gasteiger partial charge in [-0.05, 0) is 18.2 Å². The lowest BCUT2D eigenvalue weighted by Crippen LogP contribution is -2.15. The van der Waals surface area contributed by atoms with Crippen LogP contribution in [0.1, 0.15) is 0 Å². The summed E-state index contributed by atoms with van der Waals surface area (Å²) in [7, 11) is -3.40. The molecule has 0 amide bonds. The second kappa shape index (κ2) is 3.85. The number of nitrogens with two attached hydrogens (primary N) is 1. The Kier molecular flexibility index (Phi) is 3.00. The van der Waals surface area contributed by atoms with Crippen molar-refractivity contribution in [1.29, 1.82) is 0 Å². The molecular weight excluding hydrogens is 193 g/mol. The molecule has 72 valence electrons. The maximum atomic E-state index is 12.6. The monoisotopic (exact) mass is 203 g/mol. The fourth-order valence-corrected chi connectivity index (χ4v) is 2.06. The van der Waals surface area contributed by atoms with E-state index in [1.807, 2.05) is 0 Å². The summed E-state index contributed by atoms with van der Waals surface area (Å²) >= 11 is 0. The number of benzene rings is 1. The van der Waals surface area contributed by atoms with Crippen LogP contribution in [0.4, 0.5) is 4.39 Å². The van der Waals surface area contributed by atoms with E-state index in [2.05, 4.69) is 0 Å². The number of sulfone groups is 1. The zero-order valence-corrected chi connectivity index (χ0v) is 7.72. The first-order chi connectivity index (χ1) is 6.06. The largest absolute Gasteiger partial charge is 0.329 e. The smallest absolute Gasteiger partial charge is 0.179 e. The summed E-state index contributed by atoms with van der Waals surface area (Å²) in [5, 5.41) is 0. The second-order valence-electron chi connectivity index (χ2n) is 2.56. The molecule has 1 rings (SSSR count). The van der Waals surface area contributed by atoms with Gasteiger partial charge in [-0.15, -0.1) is 0 Å². The van der Waals surface area contributed by atoms with Crippen molar-refractivity contribution < 1.29 is 12.8 Å². The Morgan fingerprint density at radius 2 is 2.08 bits per heavy atom. The molecule has 0 heterocycles. The van der Waals surface area contributed by atoms with Crippen molar-refractivity contribution in [3.8, 4) is 0 Å². The molecule has 0 radical (unpaired) electrons. The predicted molar refractivity (Wildman–Crippen MR) is 47.5 cm³/mol. The first-order valence-electron chi connectivity index (χ1n) is 3.74. The summed E-state index contributed by atoms with van der Waals surface area (Å²) in [6, 6.07) is 4.90. The summed E-state index contributed by atoms with van der Waals surface area (Å²) in [4.78, 5) is -0.0158. The standard InChI is InChI=1S/C8H10FNO2S/c9-7-2-1-3-8(6-7)13(11,12)5-4-10/h1-3,6H,4-5,10H2. The van der Waals surface area contributed by atoms with Gasteiger partial charge in [0.2, 0.25) is 0 Å². The number of rotatable bonds is 3. The molecule has 0 fully saturated rings. The van der Waals surface area contributed by atoms with E-state index in [4.69, 9.17) is 5.73 Å². The lowest BCUT2D eigenvalue weighted by Gasteiger charge is -2.01. The van der Waals surface area contributed by atoms with Crippen LogP contribution >= 0.6 is 0 Å². The van der Waals surface area contributed by atoms with Gasteiger partial charge in [-0.1, -0.05) is 6.07 Å². The molecule has 0 aromatic heterocycles. The van der Waals surface area contributed by atoms with Crippen molar-refractivity contribution in [1.82, 2.24) is 0 Å². The van der Waals surface area contributed by atoms with E-state index in [1.165, 1.54) is 18.2 Å². The summed E-state index contributed by atoms with van der Waals surface area (Å²) in [5.74, 6) is -0.714. The van der Waals surface area contributed by atoms with E-state index >= 15 is 0 Å². The number of hydrogen-bond acceptors (Lipinski definition) is 3. The van der Waals surface area contributed by atoms with E-state index < -0.39 is 15.7 Å². The fourth-order valence-electron chi connectivity index (χ4n) is 0.933. The van der Waals surface area contributed by atoms with Crippen LogP contribution in [0.3, 0.4) is 0 Å². The van der Waals surface area contributed by atoms with E-state index in [0.29, 0.717) is 0 Å². The average molecular weight is 203 g/mol. The van der Waals surface area contributed by atoms with Crippen LogP contribution in [-0.4, -0.2) is 20.7 Å². The first-order valence-corrected chi connectivity index (χ1v) is 5.40. The number of hydrogen-bond donors (Lipinski definition) is 1. The van der Waals surface area contributed by atoms with Gasteiger partial charge in [-0.2, -0.15) is 0 Å². The minimum absolute atomic E-state index is 0.0158. The van der Waals surface area contributed by atoms with E-state index in [9.17, 15) is 12.8 Å². The molecule has 0 atom stereocenters. The van der Waals surface area contributed by atoms with Gasteiger partial charge in [0, 0.05) is 6.54 Å². The molecule has 2 N–H and O–H groups in total. The Balaban J connectivity index is 3.08.